The van der Waals surface area contributed by atoms with Crippen molar-refractivity contribution in [2.45, 2.75) is 70.8 Å². The van der Waals surface area contributed by atoms with Gasteiger partial charge in [0.15, 0.2) is 0 Å². The molecule has 0 spiro atoms. The fourth-order valence-electron chi connectivity index (χ4n) is 4.16. The highest BCUT2D eigenvalue weighted by Crippen LogP contribution is 2.35. The van der Waals surface area contributed by atoms with Gasteiger partial charge in [0, 0.05) is 19.6 Å². The first-order valence-electron chi connectivity index (χ1n) is 8.93. The standard InChI is InChI=1S/C18H29N3O/c1-13(2)15-12-17(20(3)19-15)18(22)21-11-7-6-9-14-8-4-5-10-16(14)21/h12-14,16H,4-11H2,1-3H3/t14-,16+/m0/s1. The molecule has 122 valence electrons. The Balaban J connectivity index is 1.86. The maximum atomic E-state index is 13.1. The van der Waals surface area contributed by atoms with Crippen LogP contribution in [0.2, 0.25) is 0 Å². The second-order valence-corrected chi connectivity index (χ2v) is 7.34. The van der Waals surface area contributed by atoms with E-state index in [1.54, 1.807) is 4.68 Å². The van der Waals surface area contributed by atoms with Gasteiger partial charge in [-0.05, 0) is 43.6 Å². The molecule has 0 radical (unpaired) electrons. The first-order valence-corrected chi connectivity index (χ1v) is 8.93. The number of carbonyl (C=O) groups is 1. The lowest BCUT2D eigenvalue weighted by atomic mass is 9.81. The number of nitrogens with zero attached hydrogens (tertiary/aromatic N) is 3. The average Bonchev–Trinajstić information content (AvgIpc) is 2.77. The maximum absolute atomic E-state index is 13.1. The highest BCUT2D eigenvalue weighted by atomic mass is 16.2. The van der Waals surface area contributed by atoms with Crippen molar-refractivity contribution in [1.29, 1.82) is 0 Å². The summed E-state index contributed by atoms with van der Waals surface area (Å²) in [5.74, 6) is 1.28. The van der Waals surface area contributed by atoms with E-state index >= 15 is 0 Å². The summed E-state index contributed by atoms with van der Waals surface area (Å²) < 4.78 is 1.78. The molecule has 1 saturated carbocycles. The molecule has 1 aromatic heterocycles. The van der Waals surface area contributed by atoms with Gasteiger partial charge < -0.3 is 4.90 Å². The summed E-state index contributed by atoms with van der Waals surface area (Å²) in [6.07, 6.45) is 8.82. The van der Waals surface area contributed by atoms with Crippen LogP contribution in [-0.4, -0.2) is 33.2 Å². The van der Waals surface area contributed by atoms with Crippen molar-refractivity contribution in [3.8, 4) is 0 Å². The van der Waals surface area contributed by atoms with Crippen LogP contribution in [0, 0.1) is 5.92 Å². The zero-order valence-corrected chi connectivity index (χ0v) is 14.2. The Hall–Kier alpha value is -1.32. The van der Waals surface area contributed by atoms with Crippen LogP contribution in [-0.2, 0) is 7.05 Å². The van der Waals surface area contributed by atoms with E-state index in [4.69, 9.17) is 0 Å². The molecule has 1 amide bonds. The van der Waals surface area contributed by atoms with E-state index in [9.17, 15) is 4.79 Å². The van der Waals surface area contributed by atoms with Crippen molar-refractivity contribution in [3.05, 3.63) is 17.5 Å². The van der Waals surface area contributed by atoms with Gasteiger partial charge in [-0.1, -0.05) is 33.1 Å². The van der Waals surface area contributed by atoms with Crippen LogP contribution in [0.15, 0.2) is 6.07 Å². The fourth-order valence-corrected chi connectivity index (χ4v) is 4.16. The molecule has 2 heterocycles. The number of carbonyl (C=O) groups excluding carboxylic acids is 1. The smallest absolute Gasteiger partial charge is 0.272 e. The molecule has 0 unspecified atom stereocenters. The molecule has 1 aromatic rings. The first-order chi connectivity index (χ1) is 10.6. The number of likely N-dealkylation sites (tertiary alicyclic amines) is 1. The zero-order valence-electron chi connectivity index (χ0n) is 14.2. The summed E-state index contributed by atoms with van der Waals surface area (Å²) in [6, 6.07) is 2.46. The van der Waals surface area contributed by atoms with Crippen molar-refractivity contribution in [1.82, 2.24) is 14.7 Å². The van der Waals surface area contributed by atoms with Gasteiger partial charge in [-0.25, -0.2) is 0 Å². The molecule has 2 atom stereocenters. The highest BCUT2D eigenvalue weighted by Gasteiger charge is 2.35. The summed E-state index contributed by atoms with van der Waals surface area (Å²) in [6.45, 7) is 5.17. The van der Waals surface area contributed by atoms with Crippen molar-refractivity contribution >= 4 is 5.91 Å². The topological polar surface area (TPSA) is 38.1 Å². The lowest BCUT2D eigenvalue weighted by molar-refractivity contribution is 0.0558. The van der Waals surface area contributed by atoms with E-state index < -0.39 is 0 Å². The summed E-state index contributed by atoms with van der Waals surface area (Å²) in [7, 11) is 1.90. The second kappa shape index (κ2) is 6.43. The van der Waals surface area contributed by atoms with E-state index in [1.807, 2.05) is 13.1 Å². The Kier molecular flexibility index (Phi) is 4.55. The minimum atomic E-state index is 0.195. The van der Waals surface area contributed by atoms with Gasteiger partial charge in [0.2, 0.25) is 0 Å². The fraction of sp³-hybridized carbons (Fsp3) is 0.778. The van der Waals surface area contributed by atoms with Crippen LogP contribution in [0.4, 0.5) is 0 Å². The lowest BCUT2D eigenvalue weighted by Gasteiger charge is -2.38. The van der Waals surface area contributed by atoms with Gasteiger partial charge in [-0.2, -0.15) is 5.10 Å². The molecular weight excluding hydrogens is 274 g/mol. The monoisotopic (exact) mass is 303 g/mol. The number of fused-ring (bicyclic) bond motifs is 1. The Morgan fingerprint density at radius 3 is 2.55 bits per heavy atom. The molecule has 4 nitrogen and oxygen atoms in total. The molecule has 2 aliphatic rings. The summed E-state index contributed by atoms with van der Waals surface area (Å²) in [5.41, 5.74) is 1.77. The Morgan fingerprint density at radius 2 is 1.86 bits per heavy atom. The number of rotatable bonds is 2. The summed E-state index contributed by atoms with van der Waals surface area (Å²) >= 11 is 0. The summed E-state index contributed by atoms with van der Waals surface area (Å²) in [5, 5.41) is 4.52. The van der Waals surface area contributed by atoms with Crippen LogP contribution in [0.3, 0.4) is 0 Å². The predicted octanol–water partition coefficient (Wildman–Crippen LogP) is 3.73. The quantitative estimate of drug-likeness (QED) is 0.835. The average molecular weight is 303 g/mol. The Labute approximate surface area is 133 Å². The largest absolute Gasteiger partial charge is 0.334 e. The van der Waals surface area contributed by atoms with E-state index in [0.29, 0.717) is 12.0 Å². The van der Waals surface area contributed by atoms with E-state index in [2.05, 4.69) is 23.8 Å². The molecule has 1 aliphatic heterocycles. The van der Waals surface area contributed by atoms with Gasteiger partial charge in [0.05, 0.1) is 5.69 Å². The van der Waals surface area contributed by atoms with Gasteiger partial charge in [-0.3, -0.25) is 9.48 Å². The van der Waals surface area contributed by atoms with Crippen molar-refractivity contribution < 1.29 is 4.79 Å². The normalized spacial score (nSPS) is 25.9. The molecule has 0 aromatic carbocycles. The molecule has 4 heteroatoms. The molecule has 0 bridgehead atoms. The third-order valence-corrected chi connectivity index (χ3v) is 5.46. The van der Waals surface area contributed by atoms with Crippen LogP contribution < -0.4 is 0 Å². The first kappa shape index (κ1) is 15.6. The predicted molar refractivity (Wildman–Crippen MR) is 87.9 cm³/mol. The SMILES string of the molecule is CC(C)c1cc(C(=O)N2CCCC[C@@H]3CCCC[C@H]32)n(C)n1. The maximum Gasteiger partial charge on any atom is 0.272 e. The van der Waals surface area contributed by atoms with Crippen LogP contribution >= 0.6 is 0 Å². The highest BCUT2D eigenvalue weighted by molar-refractivity contribution is 5.93. The molecule has 1 aliphatic carbocycles. The van der Waals surface area contributed by atoms with E-state index in [1.165, 1.54) is 38.5 Å². The van der Waals surface area contributed by atoms with Crippen LogP contribution in [0.1, 0.15) is 80.9 Å². The van der Waals surface area contributed by atoms with Gasteiger partial charge in [-0.15, -0.1) is 0 Å². The molecule has 1 saturated heterocycles. The molecule has 2 fully saturated rings. The van der Waals surface area contributed by atoms with Gasteiger partial charge >= 0.3 is 0 Å². The van der Waals surface area contributed by atoms with Crippen molar-refractivity contribution in [3.63, 3.8) is 0 Å². The number of aromatic nitrogens is 2. The zero-order chi connectivity index (χ0) is 15.7. The van der Waals surface area contributed by atoms with Crippen molar-refractivity contribution in [2.75, 3.05) is 6.54 Å². The van der Waals surface area contributed by atoms with E-state index in [-0.39, 0.29) is 5.91 Å². The second-order valence-electron chi connectivity index (χ2n) is 7.34. The molecule has 22 heavy (non-hydrogen) atoms. The number of aryl methyl sites for hydroxylation is 1. The molecule has 0 N–H and O–H groups in total. The van der Waals surface area contributed by atoms with Gasteiger partial charge in [0.1, 0.15) is 5.69 Å². The molecule has 3 rings (SSSR count). The minimum Gasteiger partial charge on any atom is -0.334 e. The Morgan fingerprint density at radius 1 is 1.18 bits per heavy atom. The number of hydrogen-bond acceptors (Lipinski definition) is 2. The third-order valence-electron chi connectivity index (χ3n) is 5.46. The number of hydrogen-bond donors (Lipinski definition) is 0. The van der Waals surface area contributed by atoms with Crippen molar-refractivity contribution in [2.24, 2.45) is 13.0 Å². The third kappa shape index (κ3) is 2.92. The van der Waals surface area contributed by atoms with Gasteiger partial charge in [0.25, 0.3) is 5.91 Å². The lowest BCUT2D eigenvalue weighted by Crippen LogP contribution is -2.45. The van der Waals surface area contributed by atoms with Crippen LogP contribution in [0.25, 0.3) is 0 Å². The van der Waals surface area contributed by atoms with Crippen LogP contribution in [0.5, 0.6) is 0 Å². The summed E-state index contributed by atoms with van der Waals surface area (Å²) in [4.78, 5) is 15.3. The molecular formula is C18H29N3O. The number of amides is 1. The Bertz CT molecular complexity index is 534. The van der Waals surface area contributed by atoms with E-state index in [0.717, 1.165) is 30.3 Å². The minimum absolute atomic E-state index is 0.195.